The van der Waals surface area contributed by atoms with Crippen LogP contribution in [0.2, 0.25) is 0 Å². The third-order valence-corrected chi connectivity index (χ3v) is 4.22. The van der Waals surface area contributed by atoms with Gasteiger partial charge in [-0.2, -0.15) is 0 Å². The topological polar surface area (TPSA) is 72.2 Å². The van der Waals surface area contributed by atoms with Gasteiger partial charge in [0.25, 0.3) is 0 Å². The molecule has 0 bridgehead atoms. The molecule has 0 atom stereocenters. The lowest BCUT2D eigenvalue weighted by Gasteiger charge is -2.10. The standard InChI is InChI=1S/C16H20N2O2S/c1-12(2)14-8-6-13(7-9-14)11-18-15-4-3-5-16(10-15)21(17,19)20/h3-10,12,18H,11H2,1-2H3,(H2,17,19,20). The summed E-state index contributed by atoms with van der Waals surface area (Å²) in [5, 5.41) is 8.32. The summed E-state index contributed by atoms with van der Waals surface area (Å²) >= 11 is 0. The SMILES string of the molecule is CC(C)c1ccc(CNc2cccc(S(N)(=O)=O)c2)cc1. The molecule has 5 heteroatoms. The van der Waals surface area contributed by atoms with Crippen LogP contribution in [-0.2, 0) is 16.6 Å². The molecule has 0 fully saturated rings. The molecule has 0 aromatic heterocycles. The van der Waals surface area contributed by atoms with Crippen LogP contribution in [0.4, 0.5) is 5.69 Å². The quantitative estimate of drug-likeness (QED) is 0.891. The molecule has 112 valence electrons. The fourth-order valence-corrected chi connectivity index (χ4v) is 2.57. The van der Waals surface area contributed by atoms with Crippen molar-refractivity contribution in [3.05, 3.63) is 59.7 Å². The van der Waals surface area contributed by atoms with Crippen molar-refractivity contribution in [3.63, 3.8) is 0 Å². The minimum absolute atomic E-state index is 0.114. The Morgan fingerprint density at radius 3 is 2.33 bits per heavy atom. The molecular formula is C16H20N2O2S. The van der Waals surface area contributed by atoms with Gasteiger partial charge in [-0.05, 0) is 35.2 Å². The van der Waals surface area contributed by atoms with Crippen molar-refractivity contribution in [2.45, 2.75) is 31.2 Å². The van der Waals surface area contributed by atoms with Crippen LogP contribution in [0.1, 0.15) is 30.9 Å². The first-order valence-electron chi connectivity index (χ1n) is 6.82. The lowest BCUT2D eigenvalue weighted by Crippen LogP contribution is -2.12. The molecule has 4 nitrogen and oxygen atoms in total. The zero-order valence-corrected chi connectivity index (χ0v) is 13.0. The lowest BCUT2D eigenvalue weighted by molar-refractivity contribution is 0.598. The summed E-state index contributed by atoms with van der Waals surface area (Å²) in [6, 6.07) is 14.9. The van der Waals surface area contributed by atoms with E-state index >= 15 is 0 Å². The molecule has 0 aliphatic carbocycles. The van der Waals surface area contributed by atoms with Crippen molar-refractivity contribution >= 4 is 15.7 Å². The van der Waals surface area contributed by atoms with Gasteiger partial charge in [0.05, 0.1) is 4.90 Å². The van der Waals surface area contributed by atoms with Crippen LogP contribution in [0, 0.1) is 0 Å². The van der Waals surface area contributed by atoms with Crippen LogP contribution in [0.15, 0.2) is 53.4 Å². The second-order valence-corrected chi connectivity index (χ2v) is 6.88. The van der Waals surface area contributed by atoms with Gasteiger partial charge in [-0.25, -0.2) is 13.6 Å². The highest BCUT2D eigenvalue weighted by atomic mass is 32.2. The van der Waals surface area contributed by atoms with Crippen LogP contribution >= 0.6 is 0 Å². The van der Waals surface area contributed by atoms with E-state index in [0.717, 1.165) is 11.3 Å². The van der Waals surface area contributed by atoms with Crippen molar-refractivity contribution in [2.24, 2.45) is 5.14 Å². The summed E-state index contributed by atoms with van der Waals surface area (Å²) in [7, 11) is -3.66. The Morgan fingerprint density at radius 2 is 1.76 bits per heavy atom. The van der Waals surface area contributed by atoms with E-state index < -0.39 is 10.0 Å². The van der Waals surface area contributed by atoms with E-state index in [9.17, 15) is 8.42 Å². The van der Waals surface area contributed by atoms with Gasteiger partial charge in [-0.3, -0.25) is 0 Å². The van der Waals surface area contributed by atoms with Gasteiger partial charge in [0.1, 0.15) is 0 Å². The van der Waals surface area contributed by atoms with E-state index in [0.29, 0.717) is 12.5 Å². The molecule has 0 heterocycles. The molecule has 0 aliphatic rings. The Hall–Kier alpha value is -1.85. The van der Waals surface area contributed by atoms with E-state index in [1.165, 1.54) is 17.7 Å². The van der Waals surface area contributed by atoms with Crippen LogP contribution in [0.5, 0.6) is 0 Å². The molecule has 0 radical (unpaired) electrons. The van der Waals surface area contributed by atoms with Gasteiger partial charge in [-0.15, -0.1) is 0 Å². The van der Waals surface area contributed by atoms with Crippen LogP contribution in [0.25, 0.3) is 0 Å². The minimum Gasteiger partial charge on any atom is -0.381 e. The summed E-state index contributed by atoms with van der Waals surface area (Å²) in [6.07, 6.45) is 0. The summed E-state index contributed by atoms with van der Waals surface area (Å²) in [4.78, 5) is 0.114. The van der Waals surface area contributed by atoms with Gasteiger partial charge >= 0.3 is 0 Å². The van der Waals surface area contributed by atoms with Crippen molar-refractivity contribution in [1.82, 2.24) is 0 Å². The number of hydrogen-bond acceptors (Lipinski definition) is 3. The van der Waals surface area contributed by atoms with Crippen LogP contribution < -0.4 is 10.5 Å². The Balaban J connectivity index is 2.06. The normalized spacial score (nSPS) is 11.6. The average Bonchev–Trinajstić information content (AvgIpc) is 2.45. The fourth-order valence-electron chi connectivity index (χ4n) is 2.01. The molecule has 0 aliphatic heterocycles. The fraction of sp³-hybridized carbons (Fsp3) is 0.250. The molecule has 2 aromatic carbocycles. The second kappa shape index (κ2) is 6.28. The zero-order valence-electron chi connectivity index (χ0n) is 12.2. The number of nitrogens with one attached hydrogen (secondary N) is 1. The molecule has 21 heavy (non-hydrogen) atoms. The Morgan fingerprint density at radius 1 is 1.10 bits per heavy atom. The Labute approximate surface area is 126 Å². The third-order valence-electron chi connectivity index (χ3n) is 3.31. The third kappa shape index (κ3) is 4.31. The first-order valence-corrected chi connectivity index (χ1v) is 8.36. The highest BCUT2D eigenvalue weighted by Gasteiger charge is 2.07. The molecular weight excluding hydrogens is 284 g/mol. The van der Waals surface area contributed by atoms with Gasteiger partial charge < -0.3 is 5.32 Å². The average molecular weight is 304 g/mol. The number of anilines is 1. The maximum absolute atomic E-state index is 11.3. The molecule has 0 spiro atoms. The van der Waals surface area contributed by atoms with E-state index in [4.69, 9.17) is 5.14 Å². The predicted molar refractivity (Wildman–Crippen MR) is 85.7 cm³/mol. The van der Waals surface area contributed by atoms with E-state index in [-0.39, 0.29) is 4.90 Å². The number of nitrogens with two attached hydrogens (primary N) is 1. The van der Waals surface area contributed by atoms with Crippen molar-refractivity contribution < 1.29 is 8.42 Å². The summed E-state index contributed by atoms with van der Waals surface area (Å²) in [5.74, 6) is 0.512. The predicted octanol–water partition coefficient (Wildman–Crippen LogP) is 3.07. The molecule has 2 rings (SSSR count). The monoisotopic (exact) mass is 304 g/mol. The van der Waals surface area contributed by atoms with Crippen molar-refractivity contribution in [1.29, 1.82) is 0 Å². The van der Waals surface area contributed by atoms with Gasteiger partial charge in [-0.1, -0.05) is 44.2 Å². The maximum Gasteiger partial charge on any atom is 0.238 e. The largest absolute Gasteiger partial charge is 0.381 e. The summed E-state index contributed by atoms with van der Waals surface area (Å²) in [6.45, 7) is 4.95. The van der Waals surface area contributed by atoms with Crippen LogP contribution in [-0.4, -0.2) is 8.42 Å². The maximum atomic E-state index is 11.3. The van der Waals surface area contributed by atoms with Gasteiger partial charge in [0, 0.05) is 12.2 Å². The van der Waals surface area contributed by atoms with E-state index in [1.54, 1.807) is 6.07 Å². The number of benzene rings is 2. The van der Waals surface area contributed by atoms with Crippen LogP contribution in [0.3, 0.4) is 0 Å². The molecule has 3 N–H and O–H groups in total. The van der Waals surface area contributed by atoms with Crippen molar-refractivity contribution in [2.75, 3.05) is 5.32 Å². The molecule has 0 amide bonds. The number of hydrogen-bond donors (Lipinski definition) is 2. The Bertz CT molecular complexity index is 707. The van der Waals surface area contributed by atoms with E-state index in [1.807, 2.05) is 6.07 Å². The first kappa shape index (κ1) is 15.5. The molecule has 2 aromatic rings. The first-order chi connectivity index (χ1) is 9.86. The molecule has 0 saturated heterocycles. The highest BCUT2D eigenvalue weighted by molar-refractivity contribution is 7.89. The molecule has 0 unspecified atom stereocenters. The Kier molecular flexibility index (Phi) is 4.65. The summed E-state index contributed by atoms with van der Waals surface area (Å²) < 4.78 is 22.6. The lowest BCUT2D eigenvalue weighted by atomic mass is 10.0. The molecule has 0 saturated carbocycles. The minimum atomic E-state index is -3.66. The van der Waals surface area contributed by atoms with Crippen molar-refractivity contribution in [3.8, 4) is 0 Å². The smallest absolute Gasteiger partial charge is 0.238 e. The number of rotatable bonds is 5. The van der Waals surface area contributed by atoms with Gasteiger partial charge in [0.2, 0.25) is 10.0 Å². The highest BCUT2D eigenvalue weighted by Crippen LogP contribution is 2.17. The zero-order chi connectivity index (χ0) is 15.5. The second-order valence-electron chi connectivity index (χ2n) is 5.32. The van der Waals surface area contributed by atoms with Gasteiger partial charge in [0.15, 0.2) is 0 Å². The summed E-state index contributed by atoms with van der Waals surface area (Å²) in [5.41, 5.74) is 3.17. The van der Waals surface area contributed by atoms with E-state index in [2.05, 4.69) is 43.4 Å². The number of sulfonamides is 1. The number of primary sulfonamides is 1.